The number of nitrogens with zero attached hydrogens (tertiary/aromatic N) is 2. The Morgan fingerprint density at radius 2 is 1.85 bits per heavy atom. The van der Waals surface area contributed by atoms with E-state index < -0.39 is 10.0 Å². The zero-order valence-corrected chi connectivity index (χ0v) is 12.9. The van der Waals surface area contributed by atoms with E-state index in [4.69, 9.17) is 0 Å². The Morgan fingerprint density at radius 1 is 1.25 bits per heavy atom. The van der Waals surface area contributed by atoms with E-state index in [1.807, 2.05) is 4.90 Å². The van der Waals surface area contributed by atoms with Gasteiger partial charge in [0.25, 0.3) is 5.91 Å². The first-order chi connectivity index (χ1) is 9.32. The Bertz CT molecular complexity index is 619. The van der Waals surface area contributed by atoms with E-state index >= 15 is 0 Å². The predicted molar refractivity (Wildman–Crippen MR) is 79.6 cm³/mol. The molecule has 1 fully saturated rings. The molecule has 1 aromatic rings. The number of amides is 1. The summed E-state index contributed by atoms with van der Waals surface area (Å²) in [6, 6.07) is 5.21. The van der Waals surface area contributed by atoms with Gasteiger partial charge in [-0.15, -0.1) is 0 Å². The fraction of sp³-hybridized carbons (Fsp3) is 0.500. The largest absolute Gasteiger partial charge is 0.339 e. The smallest absolute Gasteiger partial charge is 0.254 e. The van der Waals surface area contributed by atoms with Gasteiger partial charge in [-0.2, -0.15) is 0 Å². The molecule has 1 aliphatic heterocycles. The van der Waals surface area contributed by atoms with Gasteiger partial charge in [-0.1, -0.05) is 6.07 Å². The van der Waals surface area contributed by atoms with Gasteiger partial charge in [0.1, 0.15) is 0 Å². The van der Waals surface area contributed by atoms with Crippen LogP contribution in [-0.4, -0.2) is 45.6 Å². The number of anilines is 1. The topological polar surface area (TPSA) is 57.7 Å². The van der Waals surface area contributed by atoms with Gasteiger partial charge in [0.05, 0.1) is 11.9 Å². The number of carbonyl (C=O) groups is 1. The molecule has 0 atom stereocenters. The predicted octanol–water partition coefficient (Wildman–Crippen LogP) is 1.63. The molecule has 0 saturated carbocycles. The van der Waals surface area contributed by atoms with Crippen LogP contribution < -0.4 is 4.31 Å². The van der Waals surface area contributed by atoms with E-state index in [0.29, 0.717) is 16.8 Å². The third-order valence-electron chi connectivity index (χ3n) is 3.77. The highest BCUT2D eigenvalue weighted by molar-refractivity contribution is 7.92. The number of rotatable bonds is 3. The molecule has 2 rings (SSSR count). The van der Waals surface area contributed by atoms with Crippen LogP contribution in [0.25, 0.3) is 0 Å². The van der Waals surface area contributed by atoms with E-state index in [2.05, 4.69) is 0 Å². The molecule has 0 spiro atoms. The van der Waals surface area contributed by atoms with Crippen LogP contribution in [0.3, 0.4) is 0 Å². The first-order valence-corrected chi connectivity index (χ1v) is 8.50. The second-order valence-electron chi connectivity index (χ2n) is 5.18. The first kappa shape index (κ1) is 14.8. The van der Waals surface area contributed by atoms with Crippen LogP contribution in [0.1, 0.15) is 28.8 Å². The van der Waals surface area contributed by atoms with E-state index in [0.717, 1.165) is 32.2 Å². The average Bonchev–Trinajstić information content (AvgIpc) is 2.90. The minimum atomic E-state index is -3.33. The molecule has 0 radical (unpaired) electrons. The van der Waals surface area contributed by atoms with Crippen molar-refractivity contribution in [2.45, 2.75) is 19.8 Å². The van der Waals surface area contributed by atoms with Crippen LogP contribution in [0, 0.1) is 6.92 Å². The number of likely N-dealkylation sites (tertiary alicyclic amines) is 1. The monoisotopic (exact) mass is 296 g/mol. The normalized spacial score (nSPS) is 15.4. The molecule has 0 N–H and O–H groups in total. The van der Waals surface area contributed by atoms with Crippen LogP contribution in [-0.2, 0) is 10.0 Å². The van der Waals surface area contributed by atoms with Gasteiger partial charge >= 0.3 is 0 Å². The van der Waals surface area contributed by atoms with E-state index in [1.165, 1.54) is 11.4 Å². The minimum absolute atomic E-state index is 0.0104. The molecule has 1 aromatic carbocycles. The van der Waals surface area contributed by atoms with Crippen molar-refractivity contribution in [1.82, 2.24) is 4.90 Å². The Labute approximate surface area is 120 Å². The summed E-state index contributed by atoms with van der Waals surface area (Å²) in [6.45, 7) is 3.36. The van der Waals surface area contributed by atoms with Crippen molar-refractivity contribution in [3.63, 3.8) is 0 Å². The van der Waals surface area contributed by atoms with Gasteiger partial charge < -0.3 is 4.90 Å². The lowest BCUT2D eigenvalue weighted by Crippen LogP contribution is -2.30. The summed E-state index contributed by atoms with van der Waals surface area (Å²) in [4.78, 5) is 14.3. The Morgan fingerprint density at radius 3 is 2.40 bits per heavy atom. The van der Waals surface area contributed by atoms with Gasteiger partial charge in [-0.05, 0) is 37.5 Å². The number of sulfonamides is 1. The molecule has 0 aliphatic carbocycles. The number of hydrogen-bond donors (Lipinski definition) is 0. The molecule has 110 valence electrons. The molecule has 1 aliphatic rings. The van der Waals surface area contributed by atoms with E-state index in [-0.39, 0.29) is 5.91 Å². The summed E-state index contributed by atoms with van der Waals surface area (Å²) in [6.07, 6.45) is 3.23. The Kier molecular flexibility index (Phi) is 4.04. The minimum Gasteiger partial charge on any atom is -0.339 e. The molecule has 0 aromatic heterocycles. The van der Waals surface area contributed by atoms with Crippen LogP contribution in [0.5, 0.6) is 0 Å². The zero-order chi connectivity index (χ0) is 14.9. The highest BCUT2D eigenvalue weighted by Crippen LogP contribution is 2.25. The lowest BCUT2D eigenvalue weighted by molar-refractivity contribution is 0.0792. The van der Waals surface area contributed by atoms with Crippen LogP contribution in [0.2, 0.25) is 0 Å². The van der Waals surface area contributed by atoms with Crippen molar-refractivity contribution in [2.75, 3.05) is 30.7 Å². The van der Waals surface area contributed by atoms with Crippen LogP contribution in [0.4, 0.5) is 5.69 Å². The second-order valence-corrected chi connectivity index (χ2v) is 7.19. The quantitative estimate of drug-likeness (QED) is 0.852. The molecular formula is C14H20N2O3S. The van der Waals surface area contributed by atoms with Gasteiger partial charge in [0.15, 0.2) is 0 Å². The summed E-state index contributed by atoms with van der Waals surface area (Å²) in [5.74, 6) is -0.0104. The zero-order valence-electron chi connectivity index (χ0n) is 12.1. The molecule has 0 unspecified atom stereocenters. The van der Waals surface area contributed by atoms with Gasteiger partial charge in [0.2, 0.25) is 10.0 Å². The fourth-order valence-electron chi connectivity index (χ4n) is 2.47. The third kappa shape index (κ3) is 2.80. The molecule has 5 nitrogen and oxygen atoms in total. The highest BCUT2D eigenvalue weighted by Gasteiger charge is 2.23. The van der Waals surface area contributed by atoms with Gasteiger partial charge in [0, 0.05) is 25.7 Å². The Hall–Kier alpha value is -1.56. The molecule has 1 amide bonds. The van der Waals surface area contributed by atoms with E-state index in [1.54, 1.807) is 25.1 Å². The number of benzene rings is 1. The molecule has 1 heterocycles. The van der Waals surface area contributed by atoms with Gasteiger partial charge in [-0.25, -0.2) is 8.42 Å². The summed E-state index contributed by atoms with van der Waals surface area (Å²) >= 11 is 0. The van der Waals surface area contributed by atoms with Crippen molar-refractivity contribution in [2.24, 2.45) is 0 Å². The highest BCUT2D eigenvalue weighted by atomic mass is 32.2. The van der Waals surface area contributed by atoms with Crippen molar-refractivity contribution >= 4 is 21.6 Å². The number of hydrogen-bond acceptors (Lipinski definition) is 3. The van der Waals surface area contributed by atoms with Crippen molar-refractivity contribution in [3.8, 4) is 0 Å². The summed E-state index contributed by atoms with van der Waals surface area (Å²) in [7, 11) is -1.83. The van der Waals surface area contributed by atoms with Crippen molar-refractivity contribution in [1.29, 1.82) is 0 Å². The second kappa shape index (κ2) is 5.44. The SMILES string of the molecule is Cc1c(C(=O)N2CCCC2)cccc1N(C)S(C)(=O)=O. The summed E-state index contributed by atoms with van der Waals surface area (Å²) in [5, 5.41) is 0. The average molecular weight is 296 g/mol. The molecule has 0 bridgehead atoms. The van der Waals surface area contributed by atoms with Gasteiger partial charge in [-0.3, -0.25) is 9.10 Å². The lowest BCUT2D eigenvalue weighted by Gasteiger charge is -2.22. The maximum atomic E-state index is 12.5. The maximum absolute atomic E-state index is 12.5. The third-order valence-corrected chi connectivity index (χ3v) is 4.96. The van der Waals surface area contributed by atoms with Crippen LogP contribution in [0.15, 0.2) is 18.2 Å². The summed E-state index contributed by atoms with van der Waals surface area (Å²) < 4.78 is 24.5. The fourth-order valence-corrected chi connectivity index (χ4v) is 3.02. The summed E-state index contributed by atoms with van der Waals surface area (Å²) in [5.41, 5.74) is 1.84. The number of carbonyl (C=O) groups excluding carboxylic acids is 1. The first-order valence-electron chi connectivity index (χ1n) is 6.65. The maximum Gasteiger partial charge on any atom is 0.254 e. The molecule has 6 heteroatoms. The molecular weight excluding hydrogens is 276 g/mol. The lowest BCUT2D eigenvalue weighted by atomic mass is 10.1. The molecule has 20 heavy (non-hydrogen) atoms. The molecule has 1 saturated heterocycles. The Balaban J connectivity index is 2.39. The van der Waals surface area contributed by atoms with E-state index in [9.17, 15) is 13.2 Å². The standard InChI is InChI=1S/C14H20N2O3S/c1-11-12(14(17)16-9-4-5-10-16)7-6-8-13(11)15(2)20(3,18)19/h6-8H,4-5,9-10H2,1-3H3. The van der Waals surface area contributed by atoms with Crippen LogP contribution >= 0.6 is 0 Å². The van der Waals surface area contributed by atoms with Crippen molar-refractivity contribution < 1.29 is 13.2 Å². The van der Waals surface area contributed by atoms with Crippen molar-refractivity contribution in [3.05, 3.63) is 29.3 Å².